The normalized spacial score (nSPS) is 28.6. The molecular weight excluding hydrogens is 158 g/mol. The maximum Gasteiger partial charge on any atom is 0.00923 e. The van der Waals surface area contributed by atoms with Crippen molar-refractivity contribution in [2.45, 2.75) is 58.4 Å². The summed E-state index contributed by atoms with van der Waals surface area (Å²) in [6.07, 6.45) is 8.60. The highest BCUT2D eigenvalue weighted by atomic mass is 14.9. The number of hydrogen-bond donors (Lipinski definition) is 1. The Morgan fingerprint density at radius 3 is 2.69 bits per heavy atom. The first-order valence-electron chi connectivity index (χ1n) is 5.91. The van der Waals surface area contributed by atoms with Gasteiger partial charge in [0, 0.05) is 6.04 Å². The average Bonchev–Trinajstić information content (AvgIpc) is 2.51. The summed E-state index contributed by atoms with van der Waals surface area (Å²) in [4.78, 5) is 0. The summed E-state index contributed by atoms with van der Waals surface area (Å²) >= 11 is 0. The fourth-order valence-corrected chi connectivity index (χ4v) is 2.55. The van der Waals surface area contributed by atoms with Gasteiger partial charge in [0.2, 0.25) is 0 Å². The molecule has 78 valence electrons. The third-order valence-electron chi connectivity index (χ3n) is 3.39. The van der Waals surface area contributed by atoms with E-state index in [1.807, 2.05) is 0 Å². The lowest BCUT2D eigenvalue weighted by Crippen LogP contribution is -2.28. The molecule has 0 bridgehead atoms. The zero-order valence-corrected chi connectivity index (χ0v) is 9.47. The molecule has 1 heteroatoms. The van der Waals surface area contributed by atoms with Crippen LogP contribution >= 0.6 is 0 Å². The SMILES string of the molecule is CNC1CCCC1CCCC(C)C. The molecule has 0 aliphatic heterocycles. The molecule has 0 aromatic rings. The monoisotopic (exact) mass is 183 g/mol. The van der Waals surface area contributed by atoms with Gasteiger partial charge in [0.25, 0.3) is 0 Å². The molecule has 1 rings (SSSR count). The van der Waals surface area contributed by atoms with Crippen LogP contribution in [0, 0.1) is 11.8 Å². The molecule has 0 amide bonds. The quantitative estimate of drug-likeness (QED) is 0.690. The maximum atomic E-state index is 3.45. The van der Waals surface area contributed by atoms with Gasteiger partial charge in [-0.05, 0) is 38.1 Å². The first kappa shape index (κ1) is 11.0. The van der Waals surface area contributed by atoms with Crippen LogP contribution < -0.4 is 5.32 Å². The van der Waals surface area contributed by atoms with Gasteiger partial charge in [-0.3, -0.25) is 0 Å². The van der Waals surface area contributed by atoms with Crippen LogP contribution in [0.3, 0.4) is 0 Å². The highest BCUT2D eigenvalue weighted by molar-refractivity contribution is 4.81. The van der Waals surface area contributed by atoms with Crippen molar-refractivity contribution in [2.24, 2.45) is 11.8 Å². The average molecular weight is 183 g/mol. The summed E-state index contributed by atoms with van der Waals surface area (Å²) in [6, 6.07) is 0.826. The van der Waals surface area contributed by atoms with Gasteiger partial charge >= 0.3 is 0 Å². The Hall–Kier alpha value is -0.0400. The fraction of sp³-hybridized carbons (Fsp3) is 1.00. The van der Waals surface area contributed by atoms with E-state index >= 15 is 0 Å². The summed E-state index contributed by atoms with van der Waals surface area (Å²) in [5.74, 6) is 1.86. The largest absolute Gasteiger partial charge is 0.317 e. The minimum absolute atomic E-state index is 0.826. The Bertz CT molecular complexity index is 131. The van der Waals surface area contributed by atoms with Gasteiger partial charge in [-0.2, -0.15) is 0 Å². The Morgan fingerprint density at radius 1 is 1.31 bits per heavy atom. The highest BCUT2D eigenvalue weighted by Gasteiger charge is 2.24. The molecule has 1 aliphatic rings. The van der Waals surface area contributed by atoms with Crippen LogP contribution in [0.4, 0.5) is 0 Å². The van der Waals surface area contributed by atoms with E-state index in [2.05, 4.69) is 26.2 Å². The van der Waals surface area contributed by atoms with Crippen LogP contribution in [0.2, 0.25) is 0 Å². The van der Waals surface area contributed by atoms with Crippen LogP contribution in [0.5, 0.6) is 0 Å². The summed E-state index contributed by atoms with van der Waals surface area (Å²) in [5, 5.41) is 3.45. The van der Waals surface area contributed by atoms with E-state index in [1.165, 1.54) is 38.5 Å². The van der Waals surface area contributed by atoms with Crippen molar-refractivity contribution in [2.75, 3.05) is 7.05 Å². The van der Waals surface area contributed by atoms with E-state index in [0.29, 0.717) is 0 Å². The van der Waals surface area contributed by atoms with Crippen molar-refractivity contribution in [1.82, 2.24) is 5.32 Å². The Kier molecular flexibility index (Phi) is 4.79. The standard InChI is InChI=1S/C12H25N/c1-10(2)6-4-7-11-8-5-9-12(11)13-3/h10-13H,4-9H2,1-3H3. The van der Waals surface area contributed by atoms with Crippen LogP contribution in [0.15, 0.2) is 0 Å². The summed E-state index contributed by atoms with van der Waals surface area (Å²) < 4.78 is 0. The lowest BCUT2D eigenvalue weighted by Gasteiger charge is -2.19. The highest BCUT2D eigenvalue weighted by Crippen LogP contribution is 2.29. The third kappa shape index (κ3) is 3.68. The summed E-state index contributed by atoms with van der Waals surface area (Å²) in [5.41, 5.74) is 0. The van der Waals surface area contributed by atoms with E-state index in [4.69, 9.17) is 0 Å². The molecule has 0 spiro atoms. The fourth-order valence-electron chi connectivity index (χ4n) is 2.55. The maximum absolute atomic E-state index is 3.45. The molecule has 2 atom stereocenters. The number of nitrogens with one attached hydrogen (secondary N) is 1. The third-order valence-corrected chi connectivity index (χ3v) is 3.39. The van der Waals surface area contributed by atoms with Crippen molar-refractivity contribution < 1.29 is 0 Å². The second kappa shape index (κ2) is 5.64. The Morgan fingerprint density at radius 2 is 2.08 bits per heavy atom. The van der Waals surface area contributed by atoms with Gasteiger partial charge in [-0.1, -0.05) is 33.1 Å². The van der Waals surface area contributed by atoms with Crippen molar-refractivity contribution in [1.29, 1.82) is 0 Å². The molecule has 0 aromatic carbocycles. The molecule has 0 saturated heterocycles. The predicted molar refractivity (Wildman–Crippen MR) is 58.9 cm³/mol. The molecule has 0 aromatic heterocycles. The van der Waals surface area contributed by atoms with Gasteiger partial charge in [0.15, 0.2) is 0 Å². The summed E-state index contributed by atoms with van der Waals surface area (Å²) in [6.45, 7) is 4.65. The predicted octanol–water partition coefficient (Wildman–Crippen LogP) is 3.20. The van der Waals surface area contributed by atoms with Crippen molar-refractivity contribution >= 4 is 0 Å². The van der Waals surface area contributed by atoms with Gasteiger partial charge < -0.3 is 5.32 Å². The van der Waals surface area contributed by atoms with Crippen LogP contribution in [0.25, 0.3) is 0 Å². The van der Waals surface area contributed by atoms with E-state index < -0.39 is 0 Å². The van der Waals surface area contributed by atoms with Gasteiger partial charge in [0.1, 0.15) is 0 Å². The molecule has 2 unspecified atom stereocenters. The number of rotatable bonds is 5. The zero-order chi connectivity index (χ0) is 9.68. The molecule has 1 nitrogen and oxygen atoms in total. The Balaban J connectivity index is 2.13. The van der Waals surface area contributed by atoms with Gasteiger partial charge in [0.05, 0.1) is 0 Å². The minimum atomic E-state index is 0.826. The molecule has 1 N–H and O–H groups in total. The minimum Gasteiger partial charge on any atom is -0.317 e. The lowest BCUT2D eigenvalue weighted by atomic mass is 9.94. The van der Waals surface area contributed by atoms with Crippen LogP contribution in [-0.4, -0.2) is 13.1 Å². The number of hydrogen-bond acceptors (Lipinski definition) is 1. The molecule has 1 aliphatic carbocycles. The van der Waals surface area contributed by atoms with E-state index in [-0.39, 0.29) is 0 Å². The first-order chi connectivity index (χ1) is 6.24. The molecule has 0 heterocycles. The van der Waals surface area contributed by atoms with E-state index in [0.717, 1.165) is 17.9 Å². The van der Waals surface area contributed by atoms with E-state index in [1.54, 1.807) is 0 Å². The van der Waals surface area contributed by atoms with E-state index in [9.17, 15) is 0 Å². The first-order valence-corrected chi connectivity index (χ1v) is 5.91. The van der Waals surface area contributed by atoms with Crippen molar-refractivity contribution in [3.05, 3.63) is 0 Å². The second-order valence-electron chi connectivity index (χ2n) is 4.91. The van der Waals surface area contributed by atoms with Gasteiger partial charge in [-0.15, -0.1) is 0 Å². The lowest BCUT2D eigenvalue weighted by molar-refractivity contribution is 0.374. The topological polar surface area (TPSA) is 12.0 Å². The van der Waals surface area contributed by atoms with Gasteiger partial charge in [-0.25, -0.2) is 0 Å². The zero-order valence-electron chi connectivity index (χ0n) is 9.47. The van der Waals surface area contributed by atoms with Crippen molar-refractivity contribution in [3.8, 4) is 0 Å². The molecular formula is C12H25N. The molecule has 1 fully saturated rings. The second-order valence-corrected chi connectivity index (χ2v) is 4.91. The molecule has 1 saturated carbocycles. The molecule has 13 heavy (non-hydrogen) atoms. The smallest absolute Gasteiger partial charge is 0.00923 e. The van der Waals surface area contributed by atoms with Crippen molar-refractivity contribution in [3.63, 3.8) is 0 Å². The van der Waals surface area contributed by atoms with Crippen LogP contribution in [-0.2, 0) is 0 Å². The Labute approximate surface area is 83.3 Å². The summed E-state index contributed by atoms with van der Waals surface area (Å²) in [7, 11) is 2.12. The van der Waals surface area contributed by atoms with Crippen LogP contribution in [0.1, 0.15) is 52.4 Å². The molecule has 0 radical (unpaired) electrons.